The Kier molecular flexibility index (Phi) is 7.12. The van der Waals surface area contributed by atoms with Crippen LogP contribution in [0.1, 0.15) is 31.2 Å². The SMILES string of the molecule is O=C1CCCN1CCn1cnc2c(NC3CCN(Cc4ccccc4)CC3)nc(Nc3ccccn3)nc21. The minimum atomic E-state index is 0.225. The number of nitrogens with zero attached hydrogens (tertiary/aromatic N) is 7. The van der Waals surface area contributed by atoms with E-state index in [-0.39, 0.29) is 5.91 Å². The lowest BCUT2D eigenvalue weighted by Crippen LogP contribution is -2.38. The van der Waals surface area contributed by atoms with Crippen LogP contribution in [0.15, 0.2) is 61.1 Å². The number of likely N-dealkylation sites (tertiary alicyclic amines) is 2. The molecular formula is C28H33N9O. The number of rotatable bonds is 9. The van der Waals surface area contributed by atoms with Crippen LogP contribution in [0.25, 0.3) is 11.2 Å². The Morgan fingerprint density at radius 2 is 1.76 bits per heavy atom. The van der Waals surface area contributed by atoms with Crippen LogP contribution in [0, 0.1) is 0 Å². The number of imidazole rings is 1. The van der Waals surface area contributed by atoms with Crippen molar-refractivity contribution in [3.63, 3.8) is 0 Å². The quantitative estimate of drug-likeness (QED) is 0.351. The molecule has 0 unspecified atom stereocenters. The van der Waals surface area contributed by atoms with Gasteiger partial charge in [0.1, 0.15) is 5.82 Å². The molecule has 2 saturated heterocycles. The smallest absolute Gasteiger partial charge is 0.232 e. The molecule has 196 valence electrons. The van der Waals surface area contributed by atoms with Crippen molar-refractivity contribution in [3.05, 3.63) is 66.6 Å². The van der Waals surface area contributed by atoms with Crippen molar-refractivity contribution in [2.75, 3.05) is 36.8 Å². The molecule has 0 spiro atoms. The third kappa shape index (κ3) is 5.60. The zero-order chi connectivity index (χ0) is 25.7. The number of nitrogens with one attached hydrogen (secondary N) is 2. The number of aromatic nitrogens is 5. The maximum atomic E-state index is 12.1. The lowest BCUT2D eigenvalue weighted by molar-refractivity contribution is -0.127. The number of pyridine rings is 1. The van der Waals surface area contributed by atoms with E-state index in [2.05, 4.69) is 55.8 Å². The average molecular weight is 512 g/mol. The lowest BCUT2D eigenvalue weighted by atomic mass is 10.0. The van der Waals surface area contributed by atoms with E-state index in [1.165, 1.54) is 5.56 Å². The summed E-state index contributed by atoms with van der Waals surface area (Å²) < 4.78 is 2.01. The fourth-order valence-electron chi connectivity index (χ4n) is 5.25. The van der Waals surface area contributed by atoms with Crippen LogP contribution < -0.4 is 10.6 Å². The lowest BCUT2D eigenvalue weighted by Gasteiger charge is -2.32. The first-order valence-electron chi connectivity index (χ1n) is 13.4. The van der Waals surface area contributed by atoms with Crippen molar-refractivity contribution in [2.45, 2.75) is 44.8 Å². The molecular weight excluding hydrogens is 478 g/mol. The number of amides is 1. The molecule has 6 rings (SSSR count). The van der Waals surface area contributed by atoms with Crippen molar-refractivity contribution in [1.29, 1.82) is 0 Å². The van der Waals surface area contributed by atoms with Crippen LogP contribution in [0.2, 0.25) is 0 Å². The minimum absolute atomic E-state index is 0.225. The van der Waals surface area contributed by atoms with Gasteiger partial charge in [0.25, 0.3) is 0 Å². The van der Waals surface area contributed by atoms with Crippen molar-refractivity contribution in [1.82, 2.24) is 34.3 Å². The van der Waals surface area contributed by atoms with Crippen LogP contribution in [0.5, 0.6) is 0 Å². The monoisotopic (exact) mass is 511 g/mol. The van der Waals surface area contributed by atoms with Gasteiger partial charge in [-0.25, -0.2) is 9.97 Å². The van der Waals surface area contributed by atoms with E-state index in [4.69, 9.17) is 9.97 Å². The summed E-state index contributed by atoms with van der Waals surface area (Å²) in [5.41, 5.74) is 2.84. The van der Waals surface area contributed by atoms with Gasteiger partial charge < -0.3 is 20.1 Å². The number of fused-ring (bicyclic) bond motifs is 1. The summed E-state index contributed by atoms with van der Waals surface area (Å²) in [4.78, 5) is 35.2. The van der Waals surface area contributed by atoms with Gasteiger partial charge in [-0.05, 0) is 37.0 Å². The first-order valence-corrected chi connectivity index (χ1v) is 13.4. The van der Waals surface area contributed by atoms with Gasteiger partial charge in [0, 0.05) is 57.9 Å². The van der Waals surface area contributed by atoms with Crippen molar-refractivity contribution in [2.24, 2.45) is 0 Å². The van der Waals surface area contributed by atoms with E-state index >= 15 is 0 Å². The molecule has 2 N–H and O–H groups in total. The average Bonchev–Trinajstić information content (AvgIpc) is 3.55. The molecule has 2 aliphatic rings. The molecule has 4 aromatic rings. The molecule has 0 aliphatic carbocycles. The van der Waals surface area contributed by atoms with Crippen molar-refractivity contribution in [3.8, 4) is 0 Å². The maximum absolute atomic E-state index is 12.1. The van der Waals surface area contributed by atoms with Gasteiger partial charge in [0.2, 0.25) is 11.9 Å². The number of hydrogen-bond acceptors (Lipinski definition) is 8. The molecule has 2 fully saturated rings. The predicted octanol–water partition coefficient (Wildman–Crippen LogP) is 3.66. The third-order valence-corrected chi connectivity index (χ3v) is 7.33. The summed E-state index contributed by atoms with van der Waals surface area (Å²) in [7, 11) is 0. The predicted molar refractivity (Wildman–Crippen MR) is 147 cm³/mol. The Balaban J connectivity index is 1.19. The van der Waals surface area contributed by atoms with E-state index < -0.39 is 0 Å². The molecule has 0 radical (unpaired) electrons. The third-order valence-electron chi connectivity index (χ3n) is 7.33. The largest absolute Gasteiger partial charge is 0.365 e. The fourth-order valence-corrected chi connectivity index (χ4v) is 5.25. The normalized spacial score (nSPS) is 16.8. The van der Waals surface area contributed by atoms with E-state index in [1.54, 1.807) is 12.5 Å². The van der Waals surface area contributed by atoms with Crippen molar-refractivity contribution < 1.29 is 4.79 Å². The summed E-state index contributed by atoms with van der Waals surface area (Å²) in [6, 6.07) is 16.6. The zero-order valence-corrected chi connectivity index (χ0v) is 21.5. The standard InChI is InChI=1S/C28H33N9O/c38-24-10-6-14-36(24)17-18-37-20-30-25-26(33-28(34-27(25)37)32-23-9-4-5-13-29-23)31-22-11-15-35(16-12-22)19-21-7-2-1-3-8-21/h1-5,7-9,13,20,22H,6,10-12,14-19H2,(H2,29,31,32,33,34). The second kappa shape index (κ2) is 11.1. The Morgan fingerprint density at radius 1 is 0.921 bits per heavy atom. The van der Waals surface area contributed by atoms with Gasteiger partial charge in [0.15, 0.2) is 17.0 Å². The molecule has 38 heavy (non-hydrogen) atoms. The second-order valence-corrected chi connectivity index (χ2v) is 10.0. The molecule has 10 heteroatoms. The van der Waals surface area contributed by atoms with E-state index in [0.29, 0.717) is 37.3 Å². The Hall–Kier alpha value is -4.05. The molecule has 0 saturated carbocycles. The molecule has 1 amide bonds. The highest BCUT2D eigenvalue weighted by atomic mass is 16.2. The number of piperidine rings is 1. The number of carbonyl (C=O) groups excluding carboxylic acids is 1. The van der Waals surface area contributed by atoms with Gasteiger partial charge in [-0.2, -0.15) is 9.97 Å². The van der Waals surface area contributed by atoms with Gasteiger partial charge in [-0.3, -0.25) is 9.69 Å². The minimum Gasteiger partial charge on any atom is -0.365 e. The second-order valence-electron chi connectivity index (χ2n) is 10.0. The number of benzene rings is 1. The summed E-state index contributed by atoms with van der Waals surface area (Å²) >= 11 is 0. The van der Waals surface area contributed by atoms with E-state index in [0.717, 1.165) is 62.4 Å². The summed E-state index contributed by atoms with van der Waals surface area (Å²) in [6.45, 7) is 5.14. The van der Waals surface area contributed by atoms with Gasteiger partial charge in [-0.15, -0.1) is 0 Å². The van der Waals surface area contributed by atoms with Crippen LogP contribution in [0.3, 0.4) is 0 Å². The zero-order valence-electron chi connectivity index (χ0n) is 21.5. The summed E-state index contributed by atoms with van der Waals surface area (Å²) in [5, 5.41) is 6.92. The first-order chi connectivity index (χ1) is 18.7. The van der Waals surface area contributed by atoms with Crippen molar-refractivity contribution >= 4 is 34.7 Å². The van der Waals surface area contributed by atoms with Gasteiger partial charge in [-0.1, -0.05) is 36.4 Å². The van der Waals surface area contributed by atoms with E-state index in [9.17, 15) is 4.79 Å². The van der Waals surface area contributed by atoms with Crippen LogP contribution >= 0.6 is 0 Å². The van der Waals surface area contributed by atoms with Crippen LogP contribution in [-0.4, -0.2) is 72.4 Å². The van der Waals surface area contributed by atoms with Crippen LogP contribution in [0.4, 0.5) is 17.6 Å². The van der Waals surface area contributed by atoms with Gasteiger partial charge >= 0.3 is 0 Å². The number of carbonyl (C=O) groups is 1. The highest BCUT2D eigenvalue weighted by molar-refractivity contribution is 5.85. The van der Waals surface area contributed by atoms with Gasteiger partial charge in [0.05, 0.1) is 6.33 Å². The Labute approximate surface area is 222 Å². The Bertz CT molecular complexity index is 1370. The first kappa shape index (κ1) is 24.3. The molecule has 5 heterocycles. The molecule has 0 bridgehead atoms. The molecule has 3 aromatic heterocycles. The Morgan fingerprint density at radius 3 is 2.53 bits per heavy atom. The highest BCUT2D eigenvalue weighted by Gasteiger charge is 2.23. The summed E-state index contributed by atoms with van der Waals surface area (Å²) in [6.07, 6.45) is 7.17. The molecule has 0 atom stereocenters. The molecule has 2 aliphatic heterocycles. The maximum Gasteiger partial charge on any atom is 0.232 e. The van der Waals surface area contributed by atoms with E-state index in [1.807, 2.05) is 27.7 Å². The molecule has 10 nitrogen and oxygen atoms in total. The summed E-state index contributed by atoms with van der Waals surface area (Å²) in [5.74, 6) is 2.11. The number of anilines is 3. The fraction of sp³-hybridized carbons (Fsp3) is 0.393. The van der Waals surface area contributed by atoms with Crippen LogP contribution in [-0.2, 0) is 17.9 Å². The number of hydrogen-bond donors (Lipinski definition) is 2. The topological polar surface area (TPSA) is 104 Å². The molecule has 1 aromatic carbocycles. The highest BCUT2D eigenvalue weighted by Crippen LogP contribution is 2.25.